The van der Waals surface area contributed by atoms with Crippen LogP contribution < -0.4 is 5.32 Å². The van der Waals surface area contributed by atoms with E-state index < -0.39 is 39.6 Å². The number of nitrogens with one attached hydrogen (secondary N) is 1. The predicted molar refractivity (Wildman–Crippen MR) is 72.5 cm³/mol. The molecule has 0 saturated heterocycles. The van der Waals surface area contributed by atoms with Gasteiger partial charge in [-0.2, -0.15) is 13.2 Å². The lowest BCUT2D eigenvalue weighted by molar-refractivity contribution is -0.384. The largest absolute Gasteiger partial charge is 0.423 e. The number of anilines is 1. The molecule has 0 aliphatic carbocycles. The average Bonchev–Trinajstić information content (AvgIpc) is 2.99. The molecule has 0 unspecified atom stereocenters. The number of rotatable bonds is 6. The van der Waals surface area contributed by atoms with Crippen molar-refractivity contribution in [2.45, 2.75) is 12.6 Å². The van der Waals surface area contributed by atoms with Crippen molar-refractivity contribution in [1.82, 2.24) is 15.2 Å². The van der Waals surface area contributed by atoms with Crippen molar-refractivity contribution < 1.29 is 22.5 Å². The summed E-state index contributed by atoms with van der Waals surface area (Å²) >= 11 is 0. The van der Waals surface area contributed by atoms with Gasteiger partial charge in [-0.3, -0.25) is 10.1 Å². The molecular weight excluding hydrogens is 319 g/mol. The quantitative estimate of drug-likeness (QED) is 0.375. The van der Waals surface area contributed by atoms with E-state index in [1.165, 1.54) is 6.08 Å². The van der Waals surface area contributed by atoms with Gasteiger partial charge < -0.3 is 9.73 Å². The zero-order chi connectivity index (χ0) is 17.0. The van der Waals surface area contributed by atoms with E-state index in [-0.39, 0.29) is 6.54 Å². The van der Waals surface area contributed by atoms with Gasteiger partial charge in [-0.25, -0.2) is 4.98 Å². The molecule has 11 heteroatoms. The number of aromatic nitrogens is 3. The normalized spacial score (nSPS) is 11.3. The molecular formula is C12H10F3N5O3. The van der Waals surface area contributed by atoms with Crippen molar-refractivity contribution in [3.63, 3.8) is 0 Å². The Morgan fingerprint density at radius 2 is 2.22 bits per heavy atom. The fourth-order valence-corrected chi connectivity index (χ4v) is 1.84. The van der Waals surface area contributed by atoms with Crippen LogP contribution in [0.5, 0.6) is 0 Å². The molecule has 8 nitrogen and oxygen atoms in total. The summed E-state index contributed by atoms with van der Waals surface area (Å²) in [5, 5.41) is 20.1. The molecule has 2 heterocycles. The Balaban J connectivity index is 2.69. The number of nitrogens with zero attached hydrogens (tertiary/aromatic N) is 4. The number of halogens is 3. The summed E-state index contributed by atoms with van der Waals surface area (Å²) in [5.74, 6) is -1.17. The Morgan fingerprint density at radius 1 is 1.48 bits per heavy atom. The van der Waals surface area contributed by atoms with E-state index in [0.29, 0.717) is 12.6 Å². The lowest BCUT2D eigenvalue weighted by Gasteiger charge is -2.15. The van der Waals surface area contributed by atoms with Gasteiger partial charge >= 0.3 is 11.9 Å². The summed E-state index contributed by atoms with van der Waals surface area (Å²) in [7, 11) is 0. The van der Waals surface area contributed by atoms with Crippen LogP contribution in [0.4, 0.5) is 24.7 Å². The summed E-state index contributed by atoms with van der Waals surface area (Å²) in [6.45, 7) is 3.58. The van der Waals surface area contributed by atoms with Gasteiger partial charge in [-0.15, -0.1) is 16.8 Å². The zero-order valence-corrected chi connectivity index (χ0v) is 11.5. The van der Waals surface area contributed by atoms with E-state index in [1.807, 2.05) is 0 Å². The molecule has 0 amide bonds. The molecule has 1 N–H and O–H groups in total. The highest BCUT2D eigenvalue weighted by Crippen LogP contribution is 2.44. The van der Waals surface area contributed by atoms with Gasteiger partial charge in [0.2, 0.25) is 6.39 Å². The van der Waals surface area contributed by atoms with E-state index in [9.17, 15) is 23.3 Å². The fraction of sp³-hybridized carbons (Fsp3) is 0.250. The van der Waals surface area contributed by atoms with Crippen LogP contribution in [0.25, 0.3) is 11.5 Å². The Bertz CT molecular complexity index is 715. The fourth-order valence-electron chi connectivity index (χ4n) is 1.84. The highest BCUT2D eigenvalue weighted by atomic mass is 19.4. The molecule has 0 aliphatic rings. The first kappa shape index (κ1) is 16.4. The Morgan fingerprint density at radius 3 is 2.74 bits per heavy atom. The lowest BCUT2D eigenvalue weighted by Crippen LogP contribution is -2.16. The third-order valence-corrected chi connectivity index (χ3v) is 2.75. The van der Waals surface area contributed by atoms with E-state index in [2.05, 4.69) is 27.1 Å². The van der Waals surface area contributed by atoms with Crippen molar-refractivity contribution in [3.05, 3.63) is 40.9 Å². The van der Waals surface area contributed by atoms with Crippen molar-refractivity contribution in [1.29, 1.82) is 0 Å². The SMILES string of the molecule is C=CCCNc1ncc([N+](=O)[O-])c(-c2nnco2)c1C(F)(F)F. The summed E-state index contributed by atoms with van der Waals surface area (Å²) in [6.07, 6.45) is -1.54. The van der Waals surface area contributed by atoms with Crippen LogP contribution in [0.2, 0.25) is 0 Å². The van der Waals surface area contributed by atoms with Crippen LogP contribution >= 0.6 is 0 Å². The lowest BCUT2D eigenvalue weighted by atomic mass is 10.1. The first-order valence-electron chi connectivity index (χ1n) is 6.22. The minimum atomic E-state index is -4.92. The summed E-state index contributed by atoms with van der Waals surface area (Å²) in [6, 6.07) is 0. The molecule has 0 aromatic carbocycles. The first-order chi connectivity index (χ1) is 10.9. The van der Waals surface area contributed by atoms with E-state index >= 15 is 0 Å². The van der Waals surface area contributed by atoms with Gasteiger partial charge in [-0.1, -0.05) is 6.08 Å². The third-order valence-electron chi connectivity index (χ3n) is 2.75. The zero-order valence-electron chi connectivity index (χ0n) is 11.5. The number of hydrogen-bond acceptors (Lipinski definition) is 7. The Kier molecular flexibility index (Phi) is 4.57. The molecule has 2 aromatic rings. The molecule has 0 aliphatic heterocycles. The molecule has 0 saturated carbocycles. The maximum Gasteiger partial charge on any atom is 0.420 e. The van der Waals surface area contributed by atoms with Gasteiger partial charge in [0.1, 0.15) is 23.1 Å². The Hall–Kier alpha value is -2.98. The van der Waals surface area contributed by atoms with E-state index in [1.54, 1.807) is 0 Å². The Labute approximate surface area is 127 Å². The topological polar surface area (TPSA) is 107 Å². The predicted octanol–water partition coefficient (Wildman–Crippen LogP) is 3.05. The average molecular weight is 329 g/mol. The van der Waals surface area contributed by atoms with Gasteiger partial charge in [0.05, 0.1) is 4.92 Å². The van der Waals surface area contributed by atoms with Gasteiger partial charge in [0.25, 0.3) is 5.89 Å². The summed E-state index contributed by atoms with van der Waals surface area (Å²) in [4.78, 5) is 13.6. The molecule has 2 rings (SSSR count). The van der Waals surface area contributed by atoms with Crippen LogP contribution in [-0.4, -0.2) is 26.6 Å². The van der Waals surface area contributed by atoms with Crippen LogP contribution in [0, 0.1) is 10.1 Å². The highest BCUT2D eigenvalue weighted by molar-refractivity contribution is 5.76. The summed E-state index contributed by atoms with van der Waals surface area (Å²) < 4.78 is 45.1. The van der Waals surface area contributed by atoms with Crippen molar-refractivity contribution in [3.8, 4) is 11.5 Å². The third kappa shape index (κ3) is 3.44. The summed E-state index contributed by atoms with van der Waals surface area (Å²) in [5.41, 5.74) is -3.04. The second-order valence-electron chi connectivity index (χ2n) is 4.24. The smallest absolute Gasteiger partial charge is 0.420 e. The standard InChI is InChI=1S/C12H10F3N5O3/c1-2-3-4-16-10-9(12(13,14)15)8(11-19-18-6-23-11)7(5-17-10)20(21)22/h2,5-6H,1,3-4H2,(H,16,17). The molecule has 0 spiro atoms. The molecule has 23 heavy (non-hydrogen) atoms. The molecule has 0 fully saturated rings. The highest BCUT2D eigenvalue weighted by Gasteiger charge is 2.42. The number of hydrogen-bond donors (Lipinski definition) is 1. The maximum atomic E-state index is 13.4. The minimum absolute atomic E-state index is 0.126. The van der Waals surface area contributed by atoms with Crippen LogP contribution in [-0.2, 0) is 6.18 Å². The number of nitro groups is 1. The molecule has 0 radical (unpaired) electrons. The molecule has 2 aromatic heterocycles. The number of alkyl halides is 3. The first-order valence-corrected chi connectivity index (χ1v) is 6.22. The van der Waals surface area contributed by atoms with Gasteiger partial charge in [0.15, 0.2) is 0 Å². The van der Waals surface area contributed by atoms with E-state index in [4.69, 9.17) is 4.42 Å². The minimum Gasteiger partial charge on any atom is -0.423 e. The van der Waals surface area contributed by atoms with Crippen LogP contribution in [0.3, 0.4) is 0 Å². The van der Waals surface area contributed by atoms with Crippen molar-refractivity contribution in [2.24, 2.45) is 0 Å². The second kappa shape index (κ2) is 6.42. The van der Waals surface area contributed by atoms with Gasteiger partial charge in [-0.05, 0) is 6.42 Å². The molecule has 0 atom stereocenters. The van der Waals surface area contributed by atoms with Crippen LogP contribution in [0.15, 0.2) is 29.7 Å². The molecule has 122 valence electrons. The van der Waals surface area contributed by atoms with Gasteiger partial charge in [0, 0.05) is 6.54 Å². The second-order valence-corrected chi connectivity index (χ2v) is 4.24. The van der Waals surface area contributed by atoms with E-state index in [0.717, 1.165) is 6.39 Å². The maximum absolute atomic E-state index is 13.4. The van der Waals surface area contributed by atoms with Crippen molar-refractivity contribution >= 4 is 11.5 Å². The van der Waals surface area contributed by atoms with Crippen molar-refractivity contribution in [2.75, 3.05) is 11.9 Å². The molecule has 0 bridgehead atoms. The van der Waals surface area contributed by atoms with Crippen LogP contribution in [0.1, 0.15) is 12.0 Å². The number of pyridine rings is 1. The monoisotopic (exact) mass is 329 g/mol.